The van der Waals surface area contributed by atoms with E-state index in [-0.39, 0.29) is 0 Å². The Morgan fingerprint density at radius 1 is 0.857 bits per heavy atom. The first-order valence-electron chi connectivity index (χ1n) is 11.4. The van der Waals surface area contributed by atoms with Gasteiger partial charge in [-0.15, -0.1) is 0 Å². The molecule has 0 amide bonds. The number of fused-ring (bicyclic) bond motifs is 1. The molecular formula is C26H37NO. The SMILES string of the molecule is CC(C)(C)C1CCC(Oc2ccc3cc(CN4CCCCC4)ccc3c2)CC1. The molecule has 0 N–H and O–H groups in total. The highest BCUT2D eigenvalue weighted by atomic mass is 16.5. The van der Waals surface area contributed by atoms with Gasteiger partial charge >= 0.3 is 0 Å². The van der Waals surface area contributed by atoms with E-state index in [0.717, 1.165) is 18.2 Å². The Hall–Kier alpha value is -1.54. The first kappa shape index (κ1) is 19.8. The van der Waals surface area contributed by atoms with Crippen molar-refractivity contribution < 1.29 is 4.74 Å². The normalized spacial score (nSPS) is 24.4. The molecular weight excluding hydrogens is 342 g/mol. The Bertz CT molecular complexity index is 777. The lowest BCUT2D eigenvalue weighted by atomic mass is 9.72. The zero-order valence-corrected chi connectivity index (χ0v) is 18.0. The smallest absolute Gasteiger partial charge is 0.120 e. The highest BCUT2D eigenvalue weighted by Gasteiger charge is 2.30. The van der Waals surface area contributed by atoms with Crippen LogP contribution in [0.25, 0.3) is 10.8 Å². The Labute approximate surface area is 171 Å². The summed E-state index contributed by atoms with van der Waals surface area (Å²) in [6, 6.07) is 13.6. The average Bonchev–Trinajstić information content (AvgIpc) is 2.69. The lowest BCUT2D eigenvalue weighted by Crippen LogP contribution is -2.30. The van der Waals surface area contributed by atoms with Crippen LogP contribution in [-0.2, 0) is 6.54 Å². The first-order valence-corrected chi connectivity index (χ1v) is 11.4. The van der Waals surface area contributed by atoms with Gasteiger partial charge in [0.1, 0.15) is 5.75 Å². The van der Waals surface area contributed by atoms with Gasteiger partial charge in [0.2, 0.25) is 0 Å². The Morgan fingerprint density at radius 3 is 2.25 bits per heavy atom. The summed E-state index contributed by atoms with van der Waals surface area (Å²) in [5, 5.41) is 2.63. The van der Waals surface area contributed by atoms with Gasteiger partial charge in [-0.1, -0.05) is 45.4 Å². The minimum Gasteiger partial charge on any atom is -0.490 e. The standard InChI is InChI=1S/C26H37NO/c1-26(2,3)23-10-13-24(14-11-23)28-25-12-9-21-17-20(7-8-22(21)18-25)19-27-15-5-4-6-16-27/h7-9,12,17-18,23-24H,4-6,10-11,13-16,19H2,1-3H3. The molecule has 1 heterocycles. The number of nitrogens with zero attached hydrogens (tertiary/aromatic N) is 1. The lowest BCUT2D eigenvalue weighted by molar-refractivity contribution is 0.0883. The van der Waals surface area contributed by atoms with Gasteiger partial charge in [0, 0.05) is 6.54 Å². The molecule has 2 fully saturated rings. The molecule has 1 aliphatic carbocycles. The van der Waals surface area contributed by atoms with E-state index in [1.807, 2.05) is 0 Å². The molecule has 1 saturated carbocycles. The number of likely N-dealkylation sites (tertiary alicyclic amines) is 1. The molecule has 4 rings (SSSR count). The monoisotopic (exact) mass is 379 g/mol. The summed E-state index contributed by atoms with van der Waals surface area (Å²) in [6.07, 6.45) is 9.45. The Balaban J connectivity index is 1.37. The van der Waals surface area contributed by atoms with Crippen LogP contribution in [-0.4, -0.2) is 24.1 Å². The molecule has 2 aromatic carbocycles. The third kappa shape index (κ3) is 4.89. The van der Waals surface area contributed by atoms with Crippen LogP contribution < -0.4 is 4.74 Å². The summed E-state index contributed by atoms with van der Waals surface area (Å²) in [5.74, 6) is 1.87. The number of ether oxygens (including phenoxy) is 1. The van der Waals surface area contributed by atoms with Crippen LogP contribution in [0.2, 0.25) is 0 Å². The van der Waals surface area contributed by atoms with E-state index in [2.05, 4.69) is 62.1 Å². The van der Waals surface area contributed by atoms with E-state index in [4.69, 9.17) is 4.74 Å². The molecule has 0 radical (unpaired) electrons. The van der Waals surface area contributed by atoms with Crippen molar-refractivity contribution in [2.45, 2.75) is 78.4 Å². The lowest BCUT2D eigenvalue weighted by Gasteiger charge is -2.37. The zero-order valence-electron chi connectivity index (χ0n) is 18.0. The summed E-state index contributed by atoms with van der Waals surface area (Å²) in [4.78, 5) is 2.59. The first-order chi connectivity index (χ1) is 13.5. The van der Waals surface area contributed by atoms with E-state index >= 15 is 0 Å². The highest BCUT2D eigenvalue weighted by Crippen LogP contribution is 2.39. The van der Waals surface area contributed by atoms with Crippen molar-refractivity contribution in [2.75, 3.05) is 13.1 Å². The van der Waals surface area contributed by atoms with Crippen LogP contribution in [0, 0.1) is 11.3 Å². The van der Waals surface area contributed by atoms with Gasteiger partial charge in [-0.25, -0.2) is 0 Å². The number of benzene rings is 2. The van der Waals surface area contributed by atoms with Gasteiger partial charge in [0.05, 0.1) is 6.10 Å². The van der Waals surface area contributed by atoms with E-state index in [0.29, 0.717) is 11.5 Å². The van der Waals surface area contributed by atoms with Crippen LogP contribution in [0.1, 0.15) is 71.3 Å². The molecule has 2 heteroatoms. The molecule has 0 aromatic heterocycles. The second-order valence-electron chi connectivity index (χ2n) is 10.1. The molecule has 0 spiro atoms. The third-order valence-electron chi connectivity index (χ3n) is 6.93. The molecule has 2 aliphatic rings. The zero-order chi connectivity index (χ0) is 19.6. The minimum atomic E-state index is 0.384. The van der Waals surface area contributed by atoms with E-state index < -0.39 is 0 Å². The fourth-order valence-electron chi connectivity index (χ4n) is 5.06. The molecule has 0 atom stereocenters. The van der Waals surface area contributed by atoms with Crippen LogP contribution in [0.4, 0.5) is 0 Å². The summed E-state index contributed by atoms with van der Waals surface area (Å²) in [6.45, 7) is 10.7. The second kappa shape index (κ2) is 8.45. The molecule has 152 valence electrons. The molecule has 1 saturated heterocycles. The summed E-state index contributed by atoms with van der Waals surface area (Å²) in [7, 11) is 0. The summed E-state index contributed by atoms with van der Waals surface area (Å²) in [5.41, 5.74) is 1.86. The number of hydrogen-bond acceptors (Lipinski definition) is 2. The quantitative estimate of drug-likeness (QED) is 0.578. The predicted molar refractivity (Wildman–Crippen MR) is 119 cm³/mol. The van der Waals surface area contributed by atoms with Gasteiger partial charge < -0.3 is 4.74 Å². The fourth-order valence-corrected chi connectivity index (χ4v) is 5.06. The topological polar surface area (TPSA) is 12.5 Å². The van der Waals surface area contributed by atoms with Crippen molar-refractivity contribution in [3.63, 3.8) is 0 Å². The van der Waals surface area contributed by atoms with E-state index in [9.17, 15) is 0 Å². The number of rotatable bonds is 4. The fraction of sp³-hybridized carbons (Fsp3) is 0.615. The second-order valence-corrected chi connectivity index (χ2v) is 10.1. The molecule has 28 heavy (non-hydrogen) atoms. The maximum Gasteiger partial charge on any atom is 0.120 e. The van der Waals surface area contributed by atoms with Crippen molar-refractivity contribution in [1.82, 2.24) is 4.90 Å². The molecule has 2 aromatic rings. The van der Waals surface area contributed by atoms with Gasteiger partial charge in [0.25, 0.3) is 0 Å². The molecule has 1 aliphatic heterocycles. The van der Waals surface area contributed by atoms with Gasteiger partial charge in [-0.2, -0.15) is 0 Å². The minimum absolute atomic E-state index is 0.384. The van der Waals surface area contributed by atoms with Crippen molar-refractivity contribution in [3.05, 3.63) is 42.0 Å². The van der Waals surface area contributed by atoms with E-state index in [1.54, 1.807) is 0 Å². The van der Waals surface area contributed by atoms with Crippen LogP contribution >= 0.6 is 0 Å². The summed E-state index contributed by atoms with van der Waals surface area (Å²) >= 11 is 0. The van der Waals surface area contributed by atoms with Crippen molar-refractivity contribution in [2.24, 2.45) is 11.3 Å². The highest BCUT2D eigenvalue weighted by molar-refractivity contribution is 5.84. The molecule has 2 nitrogen and oxygen atoms in total. The Kier molecular flexibility index (Phi) is 5.96. The Morgan fingerprint density at radius 2 is 1.54 bits per heavy atom. The van der Waals surface area contributed by atoms with Gasteiger partial charge in [-0.3, -0.25) is 4.90 Å². The van der Waals surface area contributed by atoms with Crippen LogP contribution in [0.3, 0.4) is 0 Å². The van der Waals surface area contributed by atoms with E-state index in [1.165, 1.54) is 74.4 Å². The van der Waals surface area contributed by atoms with Crippen molar-refractivity contribution in [1.29, 1.82) is 0 Å². The van der Waals surface area contributed by atoms with Crippen molar-refractivity contribution in [3.8, 4) is 5.75 Å². The largest absolute Gasteiger partial charge is 0.490 e. The summed E-state index contributed by atoms with van der Waals surface area (Å²) < 4.78 is 6.37. The number of hydrogen-bond donors (Lipinski definition) is 0. The van der Waals surface area contributed by atoms with Crippen LogP contribution in [0.5, 0.6) is 5.75 Å². The average molecular weight is 380 g/mol. The molecule has 0 bridgehead atoms. The number of piperidine rings is 1. The third-order valence-corrected chi connectivity index (χ3v) is 6.93. The van der Waals surface area contributed by atoms with Crippen molar-refractivity contribution >= 4 is 10.8 Å². The maximum absolute atomic E-state index is 6.37. The van der Waals surface area contributed by atoms with Gasteiger partial charge in [0.15, 0.2) is 0 Å². The van der Waals surface area contributed by atoms with Gasteiger partial charge in [-0.05, 0) is 97.5 Å². The van der Waals surface area contributed by atoms with Crippen LogP contribution in [0.15, 0.2) is 36.4 Å². The predicted octanol–water partition coefficient (Wildman–Crippen LogP) is 6.81. The maximum atomic E-state index is 6.37. The molecule has 0 unspecified atom stereocenters.